The van der Waals surface area contributed by atoms with Gasteiger partial charge >= 0.3 is 12.1 Å². The number of esters is 1. The Kier molecular flexibility index (Phi) is 6.75. The Morgan fingerprint density at radius 3 is 2.21 bits per heavy atom. The molecule has 0 bridgehead atoms. The molecule has 0 unspecified atom stereocenters. The second kappa shape index (κ2) is 9.38. The van der Waals surface area contributed by atoms with E-state index in [1.165, 1.54) is 44.4 Å². The monoisotopic (exact) mass is 474 g/mol. The van der Waals surface area contributed by atoms with E-state index >= 15 is 0 Å². The molecule has 0 aliphatic carbocycles. The van der Waals surface area contributed by atoms with Crippen molar-refractivity contribution >= 4 is 17.6 Å². The lowest BCUT2D eigenvalue weighted by atomic mass is 10.1. The average Bonchev–Trinajstić information content (AvgIpc) is 3.16. The van der Waals surface area contributed by atoms with E-state index in [0.29, 0.717) is 0 Å². The van der Waals surface area contributed by atoms with Gasteiger partial charge in [-0.1, -0.05) is 6.07 Å². The molecule has 0 aliphatic heterocycles. The first kappa shape index (κ1) is 24.5. The van der Waals surface area contributed by atoms with Crippen LogP contribution in [0.3, 0.4) is 0 Å². The van der Waals surface area contributed by atoms with Crippen molar-refractivity contribution in [1.29, 1.82) is 0 Å². The van der Waals surface area contributed by atoms with Crippen LogP contribution in [-0.4, -0.2) is 34.5 Å². The zero-order valence-corrected chi connectivity index (χ0v) is 18.7. The number of hydrogen-bond acceptors (Lipinski definition) is 5. The molecule has 0 fully saturated rings. The standard InChI is InChI=1S/C23H21F3N4O4/c1-12-5-10-17(11-13(12)2)30-21(32)18(19(29-30)23(24,25)26)14(3)27-28-20(31)15-6-8-16(9-7-15)22(33)34-4/h5-11,29H,1-4H3,(H,28,31)/b27-14+. The van der Waals surface area contributed by atoms with Gasteiger partial charge in [-0.2, -0.15) is 18.3 Å². The molecule has 178 valence electrons. The number of hydrazone groups is 1. The van der Waals surface area contributed by atoms with Gasteiger partial charge in [-0.15, -0.1) is 0 Å². The van der Waals surface area contributed by atoms with Gasteiger partial charge in [0.05, 0.1) is 29.6 Å². The first-order valence-corrected chi connectivity index (χ1v) is 9.97. The molecule has 1 amide bonds. The normalized spacial score (nSPS) is 11.9. The molecule has 2 aromatic carbocycles. The van der Waals surface area contributed by atoms with Crippen molar-refractivity contribution in [2.75, 3.05) is 7.11 Å². The summed E-state index contributed by atoms with van der Waals surface area (Å²) in [5.74, 6) is -1.33. The van der Waals surface area contributed by atoms with Gasteiger partial charge in [-0.25, -0.2) is 14.9 Å². The summed E-state index contributed by atoms with van der Waals surface area (Å²) in [7, 11) is 1.21. The number of benzene rings is 2. The van der Waals surface area contributed by atoms with Gasteiger partial charge in [0, 0.05) is 5.56 Å². The summed E-state index contributed by atoms with van der Waals surface area (Å²) in [6.45, 7) is 4.80. The first-order chi connectivity index (χ1) is 15.9. The summed E-state index contributed by atoms with van der Waals surface area (Å²) < 4.78 is 46.4. The van der Waals surface area contributed by atoms with Crippen LogP contribution in [0.15, 0.2) is 52.4 Å². The third kappa shape index (κ3) is 4.92. The molecule has 34 heavy (non-hydrogen) atoms. The topological polar surface area (TPSA) is 106 Å². The van der Waals surface area contributed by atoms with Gasteiger partial charge in [0.1, 0.15) is 0 Å². The SMILES string of the molecule is COC(=O)c1ccc(C(=O)N/N=C(\C)c2c(C(F)(F)F)[nH]n(-c3ccc(C)c(C)c3)c2=O)cc1. The molecule has 0 aliphatic rings. The molecule has 0 atom stereocenters. The number of ether oxygens (including phenoxy) is 1. The molecule has 0 spiro atoms. The number of nitrogens with one attached hydrogen (secondary N) is 2. The summed E-state index contributed by atoms with van der Waals surface area (Å²) in [5, 5.41) is 5.83. The summed E-state index contributed by atoms with van der Waals surface area (Å²) in [5.41, 5.74) is 1.09. The van der Waals surface area contributed by atoms with Crippen molar-refractivity contribution in [2.45, 2.75) is 26.9 Å². The number of H-pyrrole nitrogens is 1. The summed E-state index contributed by atoms with van der Waals surface area (Å²) in [4.78, 5) is 36.7. The Hall–Kier alpha value is -4.15. The van der Waals surface area contributed by atoms with Crippen LogP contribution in [0.1, 0.15) is 50.0 Å². The Labute approximate surface area is 192 Å². The fourth-order valence-electron chi connectivity index (χ4n) is 3.16. The summed E-state index contributed by atoms with van der Waals surface area (Å²) in [6, 6.07) is 10.2. The van der Waals surface area contributed by atoms with Crippen LogP contribution in [0.2, 0.25) is 0 Å². The highest BCUT2D eigenvalue weighted by atomic mass is 19.4. The zero-order valence-electron chi connectivity index (χ0n) is 18.7. The fourth-order valence-corrected chi connectivity index (χ4v) is 3.16. The van der Waals surface area contributed by atoms with Crippen LogP contribution in [0.4, 0.5) is 13.2 Å². The van der Waals surface area contributed by atoms with Crippen LogP contribution in [0.25, 0.3) is 5.69 Å². The van der Waals surface area contributed by atoms with Gasteiger partial charge in [0.15, 0.2) is 5.69 Å². The molecule has 2 N–H and O–H groups in total. The highest BCUT2D eigenvalue weighted by molar-refractivity contribution is 6.02. The highest BCUT2D eigenvalue weighted by Gasteiger charge is 2.39. The molecule has 11 heteroatoms. The number of methoxy groups -OCH3 is 1. The molecule has 0 radical (unpaired) electrons. The van der Waals surface area contributed by atoms with Gasteiger partial charge in [-0.3, -0.25) is 14.7 Å². The minimum absolute atomic E-state index is 0.0989. The number of nitrogens with zero attached hydrogens (tertiary/aromatic N) is 2. The second-order valence-corrected chi connectivity index (χ2v) is 7.48. The zero-order chi connectivity index (χ0) is 25.2. The minimum Gasteiger partial charge on any atom is -0.465 e. The Balaban J connectivity index is 1.95. The quantitative estimate of drug-likeness (QED) is 0.334. The molecule has 3 aromatic rings. The summed E-state index contributed by atoms with van der Waals surface area (Å²) >= 11 is 0. The van der Waals surface area contributed by atoms with Crippen LogP contribution in [0, 0.1) is 13.8 Å². The average molecular weight is 474 g/mol. The molecular weight excluding hydrogens is 453 g/mol. The molecule has 1 heterocycles. The molecule has 1 aromatic heterocycles. The molecular formula is C23H21F3N4O4. The van der Waals surface area contributed by atoms with Gasteiger partial charge in [0.25, 0.3) is 11.5 Å². The van der Waals surface area contributed by atoms with Crippen LogP contribution >= 0.6 is 0 Å². The van der Waals surface area contributed by atoms with Gasteiger partial charge < -0.3 is 4.74 Å². The van der Waals surface area contributed by atoms with Crippen molar-refractivity contribution in [3.8, 4) is 5.69 Å². The maximum absolute atomic E-state index is 13.7. The number of hydrogen-bond donors (Lipinski definition) is 2. The Morgan fingerprint density at radius 1 is 1.03 bits per heavy atom. The van der Waals surface area contributed by atoms with Crippen molar-refractivity contribution < 1.29 is 27.5 Å². The fraction of sp³-hybridized carbons (Fsp3) is 0.217. The van der Waals surface area contributed by atoms with E-state index in [-0.39, 0.29) is 22.5 Å². The molecule has 0 saturated carbocycles. The first-order valence-electron chi connectivity index (χ1n) is 9.97. The predicted octanol–water partition coefficient (Wildman–Crippen LogP) is 3.74. The maximum Gasteiger partial charge on any atom is 0.433 e. The molecule has 3 rings (SSSR count). The number of rotatable bonds is 5. The van der Waals surface area contributed by atoms with E-state index in [9.17, 15) is 27.6 Å². The van der Waals surface area contributed by atoms with Crippen LogP contribution in [0.5, 0.6) is 0 Å². The summed E-state index contributed by atoms with van der Waals surface area (Å²) in [6.07, 6.45) is -4.87. The highest BCUT2D eigenvalue weighted by Crippen LogP contribution is 2.30. The van der Waals surface area contributed by atoms with E-state index in [1.807, 2.05) is 6.92 Å². The Bertz CT molecular complexity index is 1340. The number of carbonyl (C=O) groups excluding carboxylic acids is 2. The maximum atomic E-state index is 13.7. The minimum atomic E-state index is -4.87. The van der Waals surface area contributed by atoms with Gasteiger partial charge in [0.2, 0.25) is 0 Å². The number of amides is 1. The van der Waals surface area contributed by atoms with Crippen molar-refractivity contribution in [1.82, 2.24) is 15.2 Å². The van der Waals surface area contributed by atoms with Gasteiger partial charge in [-0.05, 0) is 68.3 Å². The van der Waals surface area contributed by atoms with E-state index < -0.39 is 34.9 Å². The Morgan fingerprint density at radius 2 is 1.65 bits per heavy atom. The van der Waals surface area contributed by atoms with Crippen molar-refractivity contribution in [3.63, 3.8) is 0 Å². The number of aryl methyl sites for hydroxylation is 2. The van der Waals surface area contributed by atoms with Crippen LogP contribution < -0.4 is 11.0 Å². The molecule has 0 saturated heterocycles. The van der Waals surface area contributed by atoms with E-state index in [2.05, 4.69) is 20.4 Å². The van der Waals surface area contributed by atoms with Crippen molar-refractivity contribution in [2.24, 2.45) is 5.10 Å². The van der Waals surface area contributed by atoms with Crippen LogP contribution in [-0.2, 0) is 10.9 Å². The lowest BCUT2D eigenvalue weighted by Gasteiger charge is -2.07. The smallest absolute Gasteiger partial charge is 0.433 e. The third-order valence-corrected chi connectivity index (χ3v) is 5.18. The number of carbonyl (C=O) groups is 2. The lowest BCUT2D eigenvalue weighted by molar-refractivity contribution is -0.141. The van der Waals surface area contributed by atoms with E-state index in [4.69, 9.17) is 0 Å². The lowest BCUT2D eigenvalue weighted by Crippen LogP contribution is -2.24. The number of alkyl halides is 3. The molecule has 8 nitrogen and oxygen atoms in total. The number of aromatic nitrogens is 2. The largest absolute Gasteiger partial charge is 0.465 e. The second-order valence-electron chi connectivity index (χ2n) is 7.48. The van der Waals surface area contributed by atoms with E-state index in [0.717, 1.165) is 15.8 Å². The number of aromatic amines is 1. The predicted molar refractivity (Wildman–Crippen MR) is 118 cm³/mol. The number of halogens is 3. The third-order valence-electron chi connectivity index (χ3n) is 5.18. The van der Waals surface area contributed by atoms with Crippen molar-refractivity contribution in [3.05, 3.63) is 86.3 Å². The van der Waals surface area contributed by atoms with E-state index in [1.54, 1.807) is 19.1 Å².